The van der Waals surface area contributed by atoms with Gasteiger partial charge in [-0.25, -0.2) is 9.37 Å². The van der Waals surface area contributed by atoms with Gasteiger partial charge in [-0.1, -0.05) is 0 Å². The first-order valence-electron chi connectivity index (χ1n) is 5.30. The zero-order chi connectivity index (χ0) is 12.3. The van der Waals surface area contributed by atoms with Crippen molar-refractivity contribution in [3.05, 3.63) is 54.0 Å². The van der Waals surface area contributed by atoms with E-state index in [-0.39, 0.29) is 11.9 Å². The van der Waals surface area contributed by atoms with Gasteiger partial charge in [0, 0.05) is 18.3 Å². The fourth-order valence-electron chi connectivity index (χ4n) is 1.39. The number of halogens is 1. The third-order valence-corrected chi connectivity index (χ3v) is 2.32. The van der Waals surface area contributed by atoms with Crippen molar-refractivity contribution in [2.45, 2.75) is 13.0 Å². The van der Waals surface area contributed by atoms with Crippen molar-refractivity contribution in [2.75, 3.05) is 0 Å². The van der Waals surface area contributed by atoms with Gasteiger partial charge in [0.2, 0.25) is 5.88 Å². The maximum Gasteiger partial charge on any atom is 0.219 e. The van der Waals surface area contributed by atoms with Gasteiger partial charge in [0.05, 0.1) is 0 Å². The van der Waals surface area contributed by atoms with Gasteiger partial charge in [-0.15, -0.1) is 0 Å². The van der Waals surface area contributed by atoms with E-state index in [4.69, 9.17) is 10.5 Å². The minimum Gasteiger partial charge on any atom is -0.439 e. The largest absolute Gasteiger partial charge is 0.439 e. The number of hydrogen-bond acceptors (Lipinski definition) is 3. The molecule has 3 nitrogen and oxygen atoms in total. The Bertz CT molecular complexity index is 497. The zero-order valence-electron chi connectivity index (χ0n) is 9.43. The minimum absolute atomic E-state index is 0.0754. The van der Waals surface area contributed by atoms with Crippen LogP contribution in [0.4, 0.5) is 4.39 Å². The van der Waals surface area contributed by atoms with Crippen LogP contribution >= 0.6 is 0 Å². The van der Waals surface area contributed by atoms with E-state index < -0.39 is 0 Å². The molecular formula is C13H13FN2O. The van der Waals surface area contributed by atoms with E-state index in [1.165, 1.54) is 12.1 Å². The maximum atomic E-state index is 12.7. The molecule has 17 heavy (non-hydrogen) atoms. The Kier molecular flexibility index (Phi) is 3.35. The van der Waals surface area contributed by atoms with Crippen LogP contribution in [0.1, 0.15) is 18.5 Å². The summed E-state index contributed by atoms with van der Waals surface area (Å²) >= 11 is 0. The SMILES string of the molecule is C[C@@H](N)c1ccnc(Oc2ccc(F)cc2)c1. The number of nitrogens with two attached hydrogens (primary N) is 1. The summed E-state index contributed by atoms with van der Waals surface area (Å²) in [5.74, 6) is 0.696. The van der Waals surface area contributed by atoms with Crippen LogP contribution in [0.25, 0.3) is 0 Å². The molecule has 4 heteroatoms. The highest BCUT2D eigenvalue weighted by atomic mass is 19.1. The molecule has 0 aliphatic rings. The average molecular weight is 232 g/mol. The summed E-state index contributed by atoms with van der Waals surface area (Å²) in [6.07, 6.45) is 1.64. The first-order valence-corrected chi connectivity index (χ1v) is 5.30. The lowest BCUT2D eigenvalue weighted by atomic mass is 10.1. The average Bonchev–Trinajstić information content (AvgIpc) is 2.32. The van der Waals surface area contributed by atoms with Crippen molar-refractivity contribution in [2.24, 2.45) is 5.73 Å². The Balaban J connectivity index is 2.18. The van der Waals surface area contributed by atoms with Gasteiger partial charge in [-0.2, -0.15) is 0 Å². The lowest BCUT2D eigenvalue weighted by Gasteiger charge is -2.08. The first kappa shape index (κ1) is 11.5. The maximum absolute atomic E-state index is 12.7. The van der Waals surface area contributed by atoms with Crippen LogP contribution < -0.4 is 10.5 Å². The van der Waals surface area contributed by atoms with Crippen molar-refractivity contribution in [1.82, 2.24) is 4.98 Å². The van der Waals surface area contributed by atoms with Crippen LogP contribution in [0.3, 0.4) is 0 Å². The second-order valence-corrected chi connectivity index (χ2v) is 3.77. The third-order valence-electron chi connectivity index (χ3n) is 2.32. The predicted molar refractivity (Wildman–Crippen MR) is 63.3 cm³/mol. The van der Waals surface area contributed by atoms with E-state index in [1.54, 1.807) is 24.4 Å². The van der Waals surface area contributed by atoms with Crippen LogP contribution in [-0.4, -0.2) is 4.98 Å². The zero-order valence-corrected chi connectivity index (χ0v) is 9.43. The van der Waals surface area contributed by atoms with Gasteiger partial charge in [0.25, 0.3) is 0 Å². The summed E-state index contributed by atoms with van der Waals surface area (Å²) in [5.41, 5.74) is 6.70. The van der Waals surface area contributed by atoms with Crippen LogP contribution in [0.2, 0.25) is 0 Å². The number of nitrogens with zero attached hydrogens (tertiary/aromatic N) is 1. The van der Waals surface area contributed by atoms with Crippen LogP contribution in [0, 0.1) is 5.82 Å². The Morgan fingerprint density at radius 2 is 1.94 bits per heavy atom. The number of benzene rings is 1. The molecule has 0 fully saturated rings. The second kappa shape index (κ2) is 4.93. The molecule has 0 aliphatic heterocycles. The highest BCUT2D eigenvalue weighted by Gasteiger charge is 2.03. The molecule has 2 N–H and O–H groups in total. The molecule has 1 heterocycles. The predicted octanol–water partition coefficient (Wildman–Crippen LogP) is 3.03. The Morgan fingerprint density at radius 3 is 2.59 bits per heavy atom. The number of pyridine rings is 1. The molecule has 0 saturated heterocycles. The van der Waals surface area contributed by atoms with Crippen molar-refractivity contribution >= 4 is 0 Å². The molecule has 0 spiro atoms. The van der Waals surface area contributed by atoms with E-state index >= 15 is 0 Å². The quantitative estimate of drug-likeness (QED) is 0.884. The van der Waals surface area contributed by atoms with E-state index in [9.17, 15) is 4.39 Å². The molecular weight excluding hydrogens is 219 g/mol. The van der Waals surface area contributed by atoms with E-state index in [2.05, 4.69) is 4.98 Å². The van der Waals surface area contributed by atoms with Gasteiger partial charge >= 0.3 is 0 Å². The molecule has 0 bridgehead atoms. The van der Waals surface area contributed by atoms with Crippen LogP contribution in [-0.2, 0) is 0 Å². The molecule has 1 aromatic heterocycles. The summed E-state index contributed by atoms with van der Waals surface area (Å²) < 4.78 is 18.2. The molecule has 1 atom stereocenters. The number of rotatable bonds is 3. The number of ether oxygens (including phenoxy) is 1. The third kappa shape index (κ3) is 3.01. The van der Waals surface area contributed by atoms with Gasteiger partial charge in [0.15, 0.2) is 0 Å². The highest BCUT2D eigenvalue weighted by molar-refractivity contribution is 5.29. The van der Waals surface area contributed by atoms with E-state index in [1.807, 2.05) is 13.0 Å². The summed E-state index contributed by atoms with van der Waals surface area (Å²) in [5, 5.41) is 0. The summed E-state index contributed by atoms with van der Waals surface area (Å²) in [6.45, 7) is 1.89. The summed E-state index contributed by atoms with van der Waals surface area (Å²) in [4.78, 5) is 4.07. The Labute approximate surface area is 99.1 Å². The Hall–Kier alpha value is -1.94. The summed E-state index contributed by atoms with van der Waals surface area (Å²) in [6, 6.07) is 9.31. The second-order valence-electron chi connectivity index (χ2n) is 3.77. The van der Waals surface area contributed by atoms with E-state index in [0.29, 0.717) is 11.6 Å². The Morgan fingerprint density at radius 1 is 1.24 bits per heavy atom. The lowest BCUT2D eigenvalue weighted by molar-refractivity contribution is 0.460. The minimum atomic E-state index is -0.297. The van der Waals surface area contributed by atoms with Gasteiger partial charge in [-0.3, -0.25) is 0 Å². The standard InChI is InChI=1S/C13H13FN2O/c1-9(15)10-6-7-16-13(8-10)17-12-4-2-11(14)3-5-12/h2-9H,15H2,1H3/t9-/m1/s1. The molecule has 2 aromatic rings. The fraction of sp³-hybridized carbons (Fsp3) is 0.154. The van der Waals surface area contributed by atoms with E-state index in [0.717, 1.165) is 5.56 Å². The van der Waals surface area contributed by atoms with Crippen LogP contribution in [0.5, 0.6) is 11.6 Å². The van der Waals surface area contributed by atoms with Gasteiger partial charge in [0.1, 0.15) is 11.6 Å². The molecule has 0 radical (unpaired) electrons. The fourth-order valence-corrected chi connectivity index (χ4v) is 1.39. The van der Waals surface area contributed by atoms with Gasteiger partial charge < -0.3 is 10.5 Å². The number of aromatic nitrogens is 1. The van der Waals surface area contributed by atoms with Crippen LogP contribution in [0.15, 0.2) is 42.6 Å². The topological polar surface area (TPSA) is 48.1 Å². The smallest absolute Gasteiger partial charge is 0.219 e. The highest BCUT2D eigenvalue weighted by Crippen LogP contribution is 2.21. The molecule has 88 valence electrons. The summed E-state index contributed by atoms with van der Waals surface area (Å²) in [7, 11) is 0. The van der Waals surface area contributed by atoms with Crippen molar-refractivity contribution in [3.8, 4) is 11.6 Å². The van der Waals surface area contributed by atoms with Gasteiger partial charge in [-0.05, 0) is 42.8 Å². The van der Waals surface area contributed by atoms with Crippen molar-refractivity contribution in [3.63, 3.8) is 0 Å². The molecule has 2 rings (SSSR count). The molecule has 1 aromatic carbocycles. The normalized spacial score (nSPS) is 12.2. The molecule has 0 aliphatic carbocycles. The first-order chi connectivity index (χ1) is 8.15. The van der Waals surface area contributed by atoms with Crippen molar-refractivity contribution < 1.29 is 9.13 Å². The number of hydrogen-bond donors (Lipinski definition) is 1. The van der Waals surface area contributed by atoms with Crippen molar-refractivity contribution in [1.29, 1.82) is 0 Å². The molecule has 0 amide bonds. The monoisotopic (exact) mass is 232 g/mol. The molecule has 0 saturated carbocycles. The lowest BCUT2D eigenvalue weighted by Crippen LogP contribution is -2.05. The molecule has 0 unspecified atom stereocenters.